The normalized spacial score (nSPS) is 11.3. The lowest BCUT2D eigenvalue weighted by molar-refractivity contribution is 0.0527. The van der Waals surface area contributed by atoms with Gasteiger partial charge < -0.3 is 10.1 Å². The molecule has 3 heterocycles. The van der Waals surface area contributed by atoms with E-state index in [1.54, 1.807) is 17.7 Å². The Labute approximate surface area is 199 Å². The summed E-state index contributed by atoms with van der Waals surface area (Å²) < 4.78 is 7.81. The molecule has 5 rings (SSSR count). The first kappa shape index (κ1) is 21.4. The second kappa shape index (κ2) is 8.46. The number of pyridine rings is 1. The van der Waals surface area contributed by atoms with Crippen LogP contribution in [0.2, 0.25) is 5.02 Å². The fraction of sp³-hybridized carbons (Fsp3) is 0.167. The van der Waals surface area contributed by atoms with Crippen molar-refractivity contribution in [1.82, 2.24) is 19.7 Å². The van der Waals surface area contributed by atoms with Crippen molar-refractivity contribution in [2.75, 3.05) is 11.9 Å². The molecule has 0 atom stereocenters. The molecule has 0 saturated heterocycles. The number of benzene rings is 2. The Hall–Kier alpha value is -3.49. The molecular weight excluding hydrogens is 458 g/mol. The summed E-state index contributed by atoms with van der Waals surface area (Å²) in [4.78, 5) is 22.2. The molecule has 166 valence electrons. The first-order valence-corrected chi connectivity index (χ1v) is 11.6. The van der Waals surface area contributed by atoms with Crippen LogP contribution in [0.15, 0.2) is 48.7 Å². The lowest BCUT2D eigenvalue weighted by Gasteiger charge is -2.12. The van der Waals surface area contributed by atoms with E-state index >= 15 is 0 Å². The maximum Gasteiger partial charge on any atom is 0.343 e. The van der Waals surface area contributed by atoms with Gasteiger partial charge in [-0.2, -0.15) is 9.78 Å². The number of aromatic nitrogens is 4. The monoisotopic (exact) mass is 477 g/mol. The zero-order chi connectivity index (χ0) is 23.1. The fourth-order valence-electron chi connectivity index (χ4n) is 3.71. The number of carbonyl (C=O) groups is 1. The lowest BCUT2D eigenvalue weighted by Crippen LogP contribution is -2.10. The molecule has 7 nitrogen and oxygen atoms in total. The molecule has 0 spiro atoms. The Morgan fingerprint density at radius 3 is 2.82 bits per heavy atom. The summed E-state index contributed by atoms with van der Waals surface area (Å²) in [6.45, 7) is 6.09. The van der Waals surface area contributed by atoms with Crippen molar-refractivity contribution < 1.29 is 9.53 Å². The highest BCUT2D eigenvalue weighted by Crippen LogP contribution is 2.33. The molecule has 33 heavy (non-hydrogen) atoms. The summed E-state index contributed by atoms with van der Waals surface area (Å²) in [5.41, 5.74) is 4.13. The SMILES string of the molecule is CCOC(=O)c1cnn(-c2cc(C)c3cccc(C)c3n2)c1Nc1nc2ccc(Cl)cc2s1. The molecule has 0 aliphatic rings. The maximum atomic E-state index is 12.7. The van der Waals surface area contributed by atoms with Crippen molar-refractivity contribution in [3.8, 4) is 5.82 Å². The van der Waals surface area contributed by atoms with E-state index < -0.39 is 5.97 Å². The Morgan fingerprint density at radius 2 is 2.00 bits per heavy atom. The lowest BCUT2D eigenvalue weighted by atomic mass is 10.1. The molecule has 3 aromatic heterocycles. The van der Waals surface area contributed by atoms with Gasteiger partial charge in [-0.3, -0.25) is 0 Å². The fourth-order valence-corrected chi connectivity index (χ4v) is 4.85. The molecule has 0 bridgehead atoms. The highest BCUT2D eigenvalue weighted by molar-refractivity contribution is 7.22. The van der Waals surface area contributed by atoms with Crippen LogP contribution in [-0.2, 0) is 4.74 Å². The van der Waals surface area contributed by atoms with Crippen LogP contribution in [0.3, 0.4) is 0 Å². The molecule has 0 radical (unpaired) electrons. The second-order valence-electron chi connectivity index (χ2n) is 7.56. The number of nitrogens with one attached hydrogen (secondary N) is 1. The number of anilines is 2. The summed E-state index contributed by atoms with van der Waals surface area (Å²) in [5.74, 6) is 0.569. The molecule has 0 unspecified atom stereocenters. The molecule has 0 saturated carbocycles. The first-order valence-electron chi connectivity index (χ1n) is 10.4. The highest BCUT2D eigenvalue weighted by Gasteiger charge is 2.22. The number of para-hydroxylation sites is 1. The largest absolute Gasteiger partial charge is 0.462 e. The molecular formula is C24H20ClN5O2S. The van der Waals surface area contributed by atoms with Gasteiger partial charge in [0.05, 0.1) is 28.5 Å². The summed E-state index contributed by atoms with van der Waals surface area (Å²) in [6, 6.07) is 13.6. The van der Waals surface area contributed by atoms with E-state index in [9.17, 15) is 4.79 Å². The van der Waals surface area contributed by atoms with E-state index in [2.05, 4.69) is 15.4 Å². The van der Waals surface area contributed by atoms with Gasteiger partial charge in [0.15, 0.2) is 16.8 Å². The minimum Gasteiger partial charge on any atom is -0.462 e. The van der Waals surface area contributed by atoms with Crippen LogP contribution in [0.4, 0.5) is 10.9 Å². The van der Waals surface area contributed by atoms with E-state index in [4.69, 9.17) is 21.3 Å². The molecule has 1 N–H and O–H groups in total. The number of carbonyl (C=O) groups excluding carboxylic acids is 1. The summed E-state index contributed by atoms with van der Waals surface area (Å²) >= 11 is 7.56. The number of aryl methyl sites for hydroxylation is 2. The topological polar surface area (TPSA) is 81.9 Å². The van der Waals surface area contributed by atoms with Gasteiger partial charge in [-0.05, 0) is 56.2 Å². The van der Waals surface area contributed by atoms with Crippen LogP contribution in [-0.4, -0.2) is 32.3 Å². The van der Waals surface area contributed by atoms with Crippen molar-refractivity contribution in [3.05, 3.63) is 70.4 Å². The smallest absolute Gasteiger partial charge is 0.343 e. The third-order valence-electron chi connectivity index (χ3n) is 5.29. The number of hydrogen-bond donors (Lipinski definition) is 1. The maximum absolute atomic E-state index is 12.7. The third kappa shape index (κ3) is 3.92. The Morgan fingerprint density at radius 1 is 1.15 bits per heavy atom. The molecule has 9 heteroatoms. The van der Waals surface area contributed by atoms with E-state index in [1.807, 2.05) is 50.2 Å². The van der Waals surface area contributed by atoms with Crippen LogP contribution in [0, 0.1) is 13.8 Å². The summed E-state index contributed by atoms with van der Waals surface area (Å²) in [5, 5.41) is 10.1. The third-order valence-corrected chi connectivity index (χ3v) is 6.46. The molecule has 2 aromatic carbocycles. The van der Waals surface area contributed by atoms with Crippen LogP contribution in [0.25, 0.3) is 26.9 Å². The molecule has 0 fully saturated rings. The average Bonchev–Trinajstić information content (AvgIpc) is 3.38. The van der Waals surface area contributed by atoms with Gasteiger partial charge in [0, 0.05) is 10.4 Å². The number of rotatable bonds is 5. The number of ether oxygens (including phenoxy) is 1. The first-order chi connectivity index (χ1) is 15.9. The van der Waals surface area contributed by atoms with E-state index in [0.717, 1.165) is 32.2 Å². The van der Waals surface area contributed by atoms with Crippen molar-refractivity contribution in [2.24, 2.45) is 0 Å². The zero-order valence-corrected chi connectivity index (χ0v) is 19.8. The van der Waals surface area contributed by atoms with Crippen molar-refractivity contribution in [1.29, 1.82) is 0 Å². The Balaban J connectivity index is 1.66. The standard InChI is InChI=1S/C24H20ClN5O2S/c1-4-32-23(31)17-12-26-30(20-10-14(3)16-7-5-6-13(2)21(16)28-20)22(17)29-24-27-18-9-8-15(25)11-19(18)33-24/h5-12H,4H2,1-3H3,(H,27,29). The number of fused-ring (bicyclic) bond motifs is 2. The van der Waals surface area contributed by atoms with E-state index in [0.29, 0.717) is 27.4 Å². The van der Waals surface area contributed by atoms with Crippen LogP contribution in [0.5, 0.6) is 0 Å². The molecule has 0 aliphatic heterocycles. The van der Waals surface area contributed by atoms with Gasteiger partial charge in [-0.25, -0.2) is 14.8 Å². The summed E-state index contributed by atoms with van der Waals surface area (Å²) in [7, 11) is 0. The Bertz CT molecular complexity index is 1520. The second-order valence-corrected chi connectivity index (χ2v) is 9.03. The van der Waals surface area contributed by atoms with Crippen LogP contribution < -0.4 is 5.32 Å². The number of halogens is 1. The van der Waals surface area contributed by atoms with Gasteiger partial charge >= 0.3 is 5.97 Å². The van der Waals surface area contributed by atoms with Gasteiger partial charge in [0.2, 0.25) is 0 Å². The average molecular weight is 478 g/mol. The summed E-state index contributed by atoms with van der Waals surface area (Å²) in [6.07, 6.45) is 1.49. The van der Waals surface area contributed by atoms with E-state index in [1.165, 1.54) is 17.5 Å². The minimum atomic E-state index is -0.468. The van der Waals surface area contributed by atoms with Gasteiger partial charge in [-0.1, -0.05) is 41.1 Å². The van der Waals surface area contributed by atoms with Crippen LogP contribution in [0.1, 0.15) is 28.4 Å². The predicted octanol–water partition coefficient (Wildman–Crippen LogP) is 6.22. The number of esters is 1. The van der Waals surface area contributed by atoms with Gasteiger partial charge in [0.1, 0.15) is 5.56 Å². The van der Waals surface area contributed by atoms with Gasteiger partial charge in [-0.15, -0.1) is 0 Å². The minimum absolute atomic E-state index is 0.260. The number of hydrogen-bond acceptors (Lipinski definition) is 7. The molecule has 0 aliphatic carbocycles. The predicted molar refractivity (Wildman–Crippen MR) is 132 cm³/mol. The molecule has 5 aromatic rings. The number of nitrogens with zero attached hydrogens (tertiary/aromatic N) is 4. The van der Waals surface area contributed by atoms with Crippen molar-refractivity contribution >= 4 is 61.0 Å². The van der Waals surface area contributed by atoms with Crippen molar-refractivity contribution in [3.63, 3.8) is 0 Å². The number of thiazole rings is 1. The zero-order valence-electron chi connectivity index (χ0n) is 18.2. The van der Waals surface area contributed by atoms with Gasteiger partial charge in [0.25, 0.3) is 0 Å². The quantitative estimate of drug-likeness (QED) is 0.302. The molecule has 0 amide bonds. The van der Waals surface area contributed by atoms with Crippen LogP contribution >= 0.6 is 22.9 Å². The Kier molecular flexibility index (Phi) is 5.47. The highest BCUT2D eigenvalue weighted by atomic mass is 35.5. The van der Waals surface area contributed by atoms with Crippen molar-refractivity contribution in [2.45, 2.75) is 20.8 Å². The van der Waals surface area contributed by atoms with E-state index in [-0.39, 0.29) is 6.61 Å².